The molecular weight excluding hydrogens is 398 g/mol. The van der Waals surface area contributed by atoms with E-state index in [1.165, 1.54) is 18.4 Å². The fraction of sp³-hybridized carbons (Fsp3) is 0.583. The number of carbonyl (C=O) groups excluding carboxylic acids is 2. The molecule has 1 saturated carbocycles. The molecule has 0 bridgehead atoms. The predicted octanol–water partition coefficient (Wildman–Crippen LogP) is 3.06. The number of carbonyl (C=O) groups is 2. The third-order valence-corrected chi connectivity index (χ3v) is 4.62. The lowest BCUT2D eigenvalue weighted by atomic mass is 10.1. The highest BCUT2D eigenvalue weighted by molar-refractivity contribution is 5.91. The number of hydrogen-bond donors (Lipinski definition) is 1. The second-order valence-electron chi connectivity index (χ2n) is 7.93. The second-order valence-corrected chi connectivity index (χ2v) is 7.93. The molecule has 0 amide bonds. The maximum Gasteiger partial charge on any atom is 0.331 e. The van der Waals surface area contributed by atoms with Crippen molar-refractivity contribution < 1.29 is 28.5 Å². The Morgan fingerprint density at radius 2 is 1.84 bits per heavy atom. The maximum absolute atomic E-state index is 12.0. The van der Waals surface area contributed by atoms with Crippen LogP contribution >= 0.6 is 0 Å². The zero-order valence-corrected chi connectivity index (χ0v) is 18.8. The first-order valence-corrected chi connectivity index (χ1v) is 11.0. The van der Waals surface area contributed by atoms with Crippen molar-refractivity contribution >= 4 is 11.9 Å². The molecule has 1 N–H and O–H groups in total. The molecular formula is C24H35NO6. The van der Waals surface area contributed by atoms with Crippen LogP contribution in [-0.4, -0.2) is 57.1 Å². The molecule has 1 aromatic carbocycles. The van der Waals surface area contributed by atoms with Gasteiger partial charge in [-0.2, -0.15) is 0 Å². The Labute approximate surface area is 185 Å². The molecule has 2 rings (SSSR count). The highest BCUT2D eigenvalue weighted by atomic mass is 16.6. The van der Waals surface area contributed by atoms with Crippen LogP contribution in [-0.2, 0) is 30.2 Å². The van der Waals surface area contributed by atoms with Crippen LogP contribution in [0.4, 0.5) is 0 Å². The van der Waals surface area contributed by atoms with Crippen LogP contribution in [0.15, 0.2) is 36.4 Å². The molecule has 1 aliphatic rings. The molecule has 0 radical (unpaired) electrons. The molecule has 7 heteroatoms. The van der Waals surface area contributed by atoms with Gasteiger partial charge in [0.25, 0.3) is 0 Å². The topological polar surface area (TPSA) is 83.1 Å². The zero-order valence-electron chi connectivity index (χ0n) is 18.8. The molecule has 0 spiro atoms. The minimum atomic E-state index is -0.617. The van der Waals surface area contributed by atoms with Gasteiger partial charge in [-0.3, -0.25) is 0 Å². The first kappa shape index (κ1) is 24.9. The Kier molecular flexibility index (Phi) is 11.1. The SMILES string of the molecule is CCOC(=O)/C=C\C(=O)OC(CNC(C)C)COc1ccc(CCOCC2CC2)cc1. The van der Waals surface area contributed by atoms with E-state index in [4.69, 9.17) is 18.9 Å². The quantitative estimate of drug-likeness (QED) is 0.259. The highest BCUT2D eigenvalue weighted by Gasteiger charge is 2.20. The van der Waals surface area contributed by atoms with E-state index in [2.05, 4.69) is 5.32 Å². The Bertz CT molecular complexity index is 697. The monoisotopic (exact) mass is 433 g/mol. The molecule has 0 heterocycles. The Hall–Kier alpha value is -2.38. The van der Waals surface area contributed by atoms with Gasteiger partial charge in [-0.25, -0.2) is 9.59 Å². The van der Waals surface area contributed by atoms with E-state index in [-0.39, 0.29) is 19.3 Å². The van der Waals surface area contributed by atoms with Gasteiger partial charge in [0.1, 0.15) is 18.5 Å². The van der Waals surface area contributed by atoms with Crippen LogP contribution in [0.25, 0.3) is 0 Å². The Balaban J connectivity index is 1.78. The Morgan fingerprint density at radius 1 is 1.13 bits per heavy atom. The summed E-state index contributed by atoms with van der Waals surface area (Å²) in [6.07, 6.45) is 5.11. The fourth-order valence-electron chi connectivity index (χ4n) is 2.70. The summed E-state index contributed by atoms with van der Waals surface area (Å²) in [7, 11) is 0. The molecule has 1 aromatic rings. The number of benzene rings is 1. The highest BCUT2D eigenvalue weighted by Crippen LogP contribution is 2.28. The standard InChI is InChI=1S/C24H35NO6/c1-4-29-23(26)11-12-24(27)31-22(15-25-18(2)3)17-30-21-9-7-19(8-10-21)13-14-28-16-20-5-6-20/h7-12,18,20,22,25H,4-6,13-17H2,1-3H3/b12-11-. The summed E-state index contributed by atoms with van der Waals surface area (Å²) in [5.74, 6) is 0.290. The zero-order chi connectivity index (χ0) is 22.5. The van der Waals surface area contributed by atoms with Crippen molar-refractivity contribution in [2.24, 2.45) is 5.92 Å². The summed E-state index contributed by atoms with van der Waals surface area (Å²) in [5, 5.41) is 3.24. The van der Waals surface area contributed by atoms with E-state index < -0.39 is 18.0 Å². The molecule has 1 fully saturated rings. The lowest BCUT2D eigenvalue weighted by molar-refractivity contribution is -0.145. The molecule has 1 unspecified atom stereocenters. The van der Waals surface area contributed by atoms with Crippen molar-refractivity contribution in [3.63, 3.8) is 0 Å². The number of rotatable bonds is 15. The van der Waals surface area contributed by atoms with Crippen LogP contribution in [0, 0.1) is 5.92 Å². The van der Waals surface area contributed by atoms with E-state index in [1.54, 1.807) is 6.92 Å². The van der Waals surface area contributed by atoms with Crippen LogP contribution < -0.4 is 10.1 Å². The van der Waals surface area contributed by atoms with Gasteiger partial charge in [0, 0.05) is 31.3 Å². The number of hydrogen-bond acceptors (Lipinski definition) is 7. The lowest BCUT2D eigenvalue weighted by Gasteiger charge is -2.20. The molecule has 0 aromatic heterocycles. The van der Waals surface area contributed by atoms with Gasteiger partial charge >= 0.3 is 11.9 Å². The lowest BCUT2D eigenvalue weighted by Crippen LogP contribution is -2.38. The fourth-order valence-corrected chi connectivity index (χ4v) is 2.70. The smallest absolute Gasteiger partial charge is 0.331 e. The molecule has 31 heavy (non-hydrogen) atoms. The first-order chi connectivity index (χ1) is 15.0. The van der Waals surface area contributed by atoms with Crippen molar-refractivity contribution in [3.8, 4) is 5.75 Å². The van der Waals surface area contributed by atoms with Crippen molar-refractivity contribution in [3.05, 3.63) is 42.0 Å². The molecule has 7 nitrogen and oxygen atoms in total. The normalized spacial score (nSPS) is 14.6. The predicted molar refractivity (Wildman–Crippen MR) is 118 cm³/mol. The van der Waals surface area contributed by atoms with Crippen LogP contribution in [0.3, 0.4) is 0 Å². The van der Waals surface area contributed by atoms with Crippen molar-refractivity contribution in [1.29, 1.82) is 0 Å². The van der Waals surface area contributed by atoms with E-state index in [0.717, 1.165) is 37.7 Å². The second kappa shape index (κ2) is 13.8. The van der Waals surface area contributed by atoms with Gasteiger partial charge in [0.15, 0.2) is 0 Å². The summed E-state index contributed by atoms with van der Waals surface area (Å²) in [6, 6.07) is 8.09. The molecule has 0 saturated heterocycles. The minimum absolute atomic E-state index is 0.197. The largest absolute Gasteiger partial charge is 0.490 e. The van der Waals surface area contributed by atoms with E-state index in [1.807, 2.05) is 38.1 Å². The van der Waals surface area contributed by atoms with Crippen LogP contribution in [0.2, 0.25) is 0 Å². The third kappa shape index (κ3) is 11.5. The van der Waals surface area contributed by atoms with Crippen molar-refractivity contribution in [2.45, 2.75) is 52.2 Å². The van der Waals surface area contributed by atoms with Gasteiger partial charge in [-0.15, -0.1) is 0 Å². The summed E-state index contributed by atoms with van der Waals surface area (Å²) in [5.41, 5.74) is 1.19. The number of esters is 2. The van der Waals surface area contributed by atoms with Gasteiger partial charge in [0.05, 0.1) is 13.2 Å². The average Bonchev–Trinajstić information content (AvgIpc) is 3.57. The van der Waals surface area contributed by atoms with Crippen LogP contribution in [0.1, 0.15) is 39.2 Å². The van der Waals surface area contributed by atoms with E-state index >= 15 is 0 Å². The van der Waals surface area contributed by atoms with Crippen molar-refractivity contribution in [2.75, 3.05) is 33.0 Å². The van der Waals surface area contributed by atoms with Gasteiger partial charge in [-0.05, 0) is 49.8 Å². The molecule has 1 aliphatic carbocycles. The van der Waals surface area contributed by atoms with Gasteiger partial charge in [0.2, 0.25) is 0 Å². The Morgan fingerprint density at radius 3 is 2.48 bits per heavy atom. The third-order valence-electron chi connectivity index (χ3n) is 4.62. The molecule has 172 valence electrons. The summed E-state index contributed by atoms with van der Waals surface area (Å²) < 4.78 is 21.7. The number of ether oxygens (including phenoxy) is 4. The van der Waals surface area contributed by atoms with Crippen molar-refractivity contribution in [1.82, 2.24) is 5.32 Å². The maximum atomic E-state index is 12.0. The van der Waals surface area contributed by atoms with Crippen LogP contribution in [0.5, 0.6) is 5.75 Å². The van der Waals surface area contributed by atoms with Gasteiger partial charge < -0.3 is 24.3 Å². The number of nitrogens with one attached hydrogen (secondary N) is 1. The van der Waals surface area contributed by atoms with E-state index in [0.29, 0.717) is 12.3 Å². The molecule has 1 atom stereocenters. The average molecular weight is 434 g/mol. The first-order valence-electron chi connectivity index (χ1n) is 11.0. The minimum Gasteiger partial charge on any atom is -0.490 e. The molecule has 0 aliphatic heterocycles. The van der Waals surface area contributed by atoms with E-state index in [9.17, 15) is 9.59 Å². The summed E-state index contributed by atoms with van der Waals surface area (Å²) >= 11 is 0. The summed E-state index contributed by atoms with van der Waals surface area (Å²) in [6.45, 7) is 8.20. The summed E-state index contributed by atoms with van der Waals surface area (Å²) in [4.78, 5) is 23.4. The van der Waals surface area contributed by atoms with Gasteiger partial charge in [-0.1, -0.05) is 26.0 Å².